The maximum Gasteiger partial charge on any atom is 0.405 e. The Morgan fingerprint density at radius 2 is 1.53 bits per heavy atom. The maximum absolute atomic E-state index is 15.1. The second kappa shape index (κ2) is 16.1. The predicted molar refractivity (Wildman–Crippen MR) is 159 cm³/mol. The second-order valence-corrected chi connectivity index (χ2v) is 10.9. The van der Waals surface area contributed by atoms with Gasteiger partial charge in [-0.1, -0.05) is 56.8 Å². The Balaban J connectivity index is 2.65. The highest BCUT2D eigenvalue weighted by Gasteiger charge is 2.44. The molecule has 0 saturated carbocycles. The highest BCUT2D eigenvalue weighted by atomic mass is 19.4. The second-order valence-electron chi connectivity index (χ2n) is 10.9. The molecule has 0 heterocycles. The van der Waals surface area contributed by atoms with E-state index >= 15 is 8.78 Å². The summed E-state index contributed by atoms with van der Waals surface area (Å²) < 4.78 is 79.0. The lowest BCUT2D eigenvalue weighted by molar-refractivity contribution is -0.163. The van der Waals surface area contributed by atoms with Gasteiger partial charge in [0.1, 0.15) is 18.0 Å². The molecule has 2 N–H and O–H groups in total. The van der Waals surface area contributed by atoms with Gasteiger partial charge >= 0.3 is 18.1 Å². The third kappa shape index (κ3) is 11.5. The van der Waals surface area contributed by atoms with E-state index in [1.165, 1.54) is 30.4 Å². The van der Waals surface area contributed by atoms with E-state index in [-0.39, 0.29) is 28.2 Å². The number of nitrogens with one attached hydrogen (secondary N) is 2. The summed E-state index contributed by atoms with van der Waals surface area (Å²) >= 11 is 0. The molecule has 2 aromatic rings. The van der Waals surface area contributed by atoms with Crippen LogP contribution < -0.4 is 15.4 Å². The summed E-state index contributed by atoms with van der Waals surface area (Å²) in [5.74, 6) is -10.7. The lowest BCUT2D eigenvalue weighted by atomic mass is 9.97. The number of alkyl halides is 5. The number of ether oxygens (including phenoxy) is 2. The predicted octanol–water partition coefficient (Wildman–Crippen LogP) is 4.51. The molecule has 10 nitrogen and oxygen atoms in total. The number of esters is 2. The van der Waals surface area contributed by atoms with Crippen LogP contribution in [0.4, 0.5) is 22.0 Å². The van der Waals surface area contributed by atoms with Gasteiger partial charge in [-0.15, -0.1) is 0 Å². The average molecular weight is 670 g/mol. The average Bonchev–Trinajstić information content (AvgIpc) is 2.97. The van der Waals surface area contributed by atoms with Crippen molar-refractivity contribution in [3.05, 3.63) is 77.5 Å². The van der Waals surface area contributed by atoms with Gasteiger partial charge in [-0.25, -0.2) is 8.78 Å². The Bertz CT molecular complexity index is 1480. The van der Waals surface area contributed by atoms with Gasteiger partial charge in [0.15, 0.2) is 0 Å². The molecule has 2 aromatic carbocycles. The minimum absolute atomic E-state index is 0.0185. The fraction of sp³-hybridized carbons (Fsp3) is 0.406. The van der Waals surface area contributed by atoms with Crippen LogP contribution in [0.15, 0.2) is 60.8 Å². The Morgan fingerprint density at radius 3 is 2.06 bits per heavy atom. The highest BCUT2D eigenvalue weighted by molar-refractivity contribution is 6.00. The molecule has 2 atom stereocenters. The van der Waals surface area contributed by atoms with E-state index in [1.54, 1.807) is 30.3 Å². The summed E-state index contributed by atoms with van der Waals surface area (Å²) in [5, 5.41) is 4.06. The van der Waals surface area contributed by atoms with E-state index in [1.807, 2.05) is 0 Å². The van der Waals surface area contributed by atoms with Crippen LogP contribution in [0, 0.1) is 12.8 Å². The van der Waals surface area contributed by atoms with Crippen LogP contribution in [-0.4, -0.2) is 71.9 Å². The molecule has 15 heteroatoms. The van der Waals surface area contributed by atoms with Crippen molar-refractivity contribution in [2.24, 2.45) is 5.92 Å². The number of carbonyl (C=O) groups excluding carboxylic acids is 5. The molecular weight excluding hydrogens is 633 g/mol. The quantitative estimate of drug-likeness (QED) is 0.131. The summed E-state index contributed by atoms with van der Waals surface area (Å²) in [4.78, 5) is 64.3. The monoisotopic (exact) mass is 669 g/mol. The Kier molecular flexibility index (Phi) is 13.2. The first kappa shape index (κ1) is 38.4. The third-order valence-electron chi connectivity index (χ3n) is 6.82. The Morgan fingerprint density at radius 1 is 0.915 bits per heavy atom. The molecule has 0 bridgehead atoms. The van der Waals surface area contributed by atoms with Gasteiger partial charge in [0.25, 0.3) is 23.6 Å². The lowest BCUT2D eigenvalue weighted by Crippen LogP contribution is -2.57. The number of amides is 3. The van der Waals surface area contributed by atoms with Crippen LogP contribution in [-0.2, 0) is 30.3 Å². The summed E-state index contributed by atoms with van der Waals surface area (Å²) in [6.07, 6.45) is -7.17. The zero-order valence-electron chi connectivity index (χ0n) is 26.4. The minimum atomic E-state index is -4.87. The number of carbonyl (C=O) groups is 5. The van der Waals surface area contributed by atoms with E-state index < -0.39 is 78.6 Å². The van der Waals surface area contributed by atoms with Crippen molar-refractivity contribution in [2.75, 3.05) is 13.1 Å². The molecule has 0 aliphatic rings. The summed E-state index contributed by atoms with van der Waals surface area (Å²) in [7, 11) is 0. The number of benzene rings is 2. The fourth-order valence-electron chi connectivity index (χ4n) is 4.22. The van der Waals surface area contributed by atoms with Crippen LogP contribution >= 0.6 is 0 Å². The SMILES string of the molecule is C=C(C(=O)NCC(F)(F)F)N(CC(F)(F)C(C)C)C(=O)C(OC(C)=O)C(Cc1ccccc1)NC(=O)c1cccc(OC(C)=O)c1C. The molecule has 0 fully saturated rings. The summed E-state index contributed by atoms with van der Waals surface area (Å²) in [6.45, 7) is 5.71. The molecule has 2 unspecified atom stereocenters. The molecule has 0 radical (unpaired) electrons. The van der Waals surface area contributed by atoms with Gasteiger partial charge in [0, 0.05) is 30.9 Å². The van der Waals surface area contributed by atoms with E-state index in [0.29, 0.717) is 5.56 Å². The van der Waals surface area contributed by atoms with Crippen molar-refractivity contribution < 1.29 is 55.4 Å². The Labute approximate surface area is 268 Å². The summed E-state index contributed by atoms with van der Waals surface area (Å²) in [5.41, 5.74) is -0.378. The molecule has 0 aliphatic carbocycles. The van der Waals surface area contributed by atoms with Crippen molar-refractivity contribution >= 4 is 29.7 Å². The number of halogens is 5. The van der Waals surface area contributed by atoms with Gasteiger partial charge in [-0.2, -0.15) is 13.2 Å². The molecule has 2 rings (SSSR count). The van der Waals surface area contributed by atoms with E-state index in [9.17, 15) is 37.1 Å². The molecule has 0 aromatic heterocycles. The van der Waals surface area contributed by atoms with E-state index in [2.05, 4.69) is 11.9 Å². The van der Waals surface area contributed by atoms with Crippen molar-refractivity contribution in [1.29, 1.82) is 0 Å². The molecule has 0 aliphatic heterocycles. The normalized spacial score (nSPS) is 12.8. The van der Waals surface area contributed by atoms with Crippen LogP contribution in [0.2, 0.25) is 0 Å². The largest absolute Gasteiger partial charge is 0.450 e. The highest BCUT2D eigenvalue weighted by Crippen LogP contribution is 2.28. The van der Waals surface area contributed by atoms with Crippen molar-refractivity contribution in [2.45, 2.75) is 65.3 Å². The third-order valence-corrected chi connectivity index (χ3v) is 6.82. The van der Waals surface area contributed by atoms with Crippen molar-refractivity contribution in [3.8, 4) is 5.75 Å². The van der Waals surface area contributed by atoms with Gasteiger partial charge in [0.2, 0.25) is 6.10 Å². The number of nitrogens with zero attached hydrogens (tertiary/aromatic N) is 1. The van der Waals surface area contributed by atoms with Gasteiger partial charge in [0.05, 0.1) is 12.6 Å². The lowest BCUT2D eigenvalue weighted by Gasteiger charge is -2.35. The van der Waals surface area contributed by atoms with Crippen LogP contribution in [0.1, 0.15) is 49.2 Å². The number of hydrogen-bond donors (Lipinski definition) is 2. The molecule has 0 saturated heterocycles. The maximum atomic E-state index is 15.1. The molecule has 3 amide bonds. The number of rotatable bonds is 14. The number of hydrogen-bond acceptors (Lipinski definition) is 7. The van der Waals surface area contributed by atoms with Crippen LogP contribution in [0.3, 0.4) is 0 Å². The topological polar surface area (TPSA) is 131 Å². The smallest absolute Gasteiger partial charge is 0.405 e. The minimum Gasteiger partial charge on any atom is -0.450 e. The summed E-state index contributed by atoms with van der Waals surface area (Å²) in [6, 6.07) is 10.9. The first-order chi connectivity index (χ1) is 21.7. The molecule has 47 heavy (non-hydrogen) atoms. The first-order valence-corrected chi connectivity index (χ1v) is 14.3. The molecule has 256 valence electrons. The van der Waals surface area contributed by atoms with Gasteiger partial charge in [-0.3, -0.25) is 28.9 Å². The van der Waals surface area contributed by atoms with Crippen molar-refractivity contribution in [1.82, 2.24) is 15.5 Å². The van der Waals surface area contributed by atoms with Gasteiger partial charge < -0.3 is 20.1 Å². The zero-order valence-corrected chi connectivity index (χ0v) is 26.4. The van der Waals surface area contributed by atoms with Crippen molar-refractivity contribution in [3.63, 3.8) is 0 Å². The molecule has 0 spiro atoms. The van der Waals surface area contributed by atoms with E-state index in [0.717, 1.165) is 27.7 Å². The standard InChI is InChI=1S/C32H36F5N3O7/c1-18(2)31(33,34)17-40(20(4)28(43)38-16-32(35,36)37)30(45)27(47-22(6)42)25(15-23-11-8-7-9-12-23)39-29(44)24-13-10-14-26(19(24)3)46-21(5)41/h7-14,18,25,27H,4,15-17H2,1-3,5-6H3,(H,38,43)(H,39,44). The van der Waals surface area contributed by atoms with Gasteiger partial charge in [-0.05, 0) is 31.0 Å². The fourth-order valence-corrected chi connectivity index (χ4v) is 4.22. The first-order valence-electron chi connectivity index (χ1n) is 14.3. The van der Waals surface area contributed by atoms with Crippen LogP contribution in [0.25, 0.3) is 0 Å². The zero-order chi connectivity index (χ0) is 35.7. The Hall–Kier alpha value is -4.82. The van der Waals surface area contributed by atoms with Crippen LogP contribution in [0.5, 0.6) is 5.75 Å². The molecular formula is C32H36F5N3O7. The van der Waals surface area contributed by atoms with E-state index in [4.69, 9.17) is 9.47 Å².